The summed E-state index contributed by atoms with van der Waals surface area (Å²) in [5.41, 5.74) is 0.773. The van der Waals surface area contributed by atoms with Crippen LogP contribution in [0.2, 0.25) is 0 Å². The van der Waals surface area contributed by atoms with Gasteiger partial charge in [0.1, 0.15) is 0 Å². The highest BCUT2D eigenvalue weighted by atomic mass is 16.5. The van der Waals surface area contributed by atoms with Crippen LogP contribution in [0.4, 0.5) is 0 Å². The van der Waals surface area contributed by atoms with Crippen molar-refractivity contribution < 1.29 is 23.8 Å². The van der Waals surface area contributed by atoms with E-state index in [1.165, 1.54) is 6.08 Å². The molecule has 0 unspecified atom stereocenters. The number of carbonyl (C=O) groups excluding carboxylic acids is 2. The second kappa shape index (κ2) is 10.9. The van der Waals surface area contributed by atoms with Crippen molar-refractivity contribution in [3.05, 3.63) is 29.8 Å². The van der Waals surface area contributed by atoms with Gasteiger partial charge in [0.15, 0.2) is 18.1 Å². The number of amides is 1. The molecular formula is C23H33NO5. The summed E-state index contributed by atoms with van der Waals surface area (Å²) in [7, 11) is 3.36. The second-order valence-electron chi connectivity index (χ2n) is 7.94. The lowest BCUT2D eigenvalue weighted by molar-refractivity contribution is -0.148. The highest BCUT2D eigenvalue weighted by Crippen LogP contribution is 2.29. The minimum Gasteiger partial charge on any atom is -0.493 e. The SMILES string of the molecule is COc1cc(/C=C/C(=O)OCC(=O)N(C)C2CCC(C)CC2)ccc1OC(C)C. The summed E-state index contributed by atoms with van der Waals surface area (Å²) in [6.07, 6.45) is 7.26. The van der Waals surface area contributed by atoms with Gasteiger partial charge in [-0.2, -0.15) is 0 Å². The first kappa shape index (κ1) is 22.8. The van der Waals surface area contributed by atoms with Crippen LogP contribution < -0.4 is 9.47 Å². The van der Waals surface area contributed by atoms with Crippen LogP contribution in [0, 0.1) is 5.92 Å². The van der Waals surface area contributed by atoms with Gasteiger partial charge in [0, 0.05) is 19.2 Å². The molecule has 2 rings (SSSR count). The standard InChI is InChI=1S/C23H33NO5/c1-16(2)29-20-12-8-18(14-21(20)27-5)9-13-23(26)28-15-22(25)24(4)19-10-6-17(3)7-11-19/h8-9,12-14,16-17,19H,6-7,10-11,15H2,1-5H3/b13-9+. The van der Waals surface area contributed by atoms with Crippen LogP contribution in [-0.4, -0.2) is 49.7 Å². The number of nitrogens with zero attached hydrogens (tertiary/aromatic N) is 1. The molecule has 1 amide bonds. The van der Waals surface area contributed by atoms with Gasteiger partial charge in [-0.25, -0.2) is 4.79 Å². The highest BCUT2D eigenvalue weighted by Gasteiger charge is 2.25. The van der Waals surface area contributed by atoms with Crippen molar-refractivity contribution in [1.29, 1.82) is 0 Å². The molecule has 1 aliphatic carbocycles. The molecule has 0 spiro atoms. The minimum absolute atomic E-state index is 0.0351. The molecule has 1 aromatic carbocycles. The smallest absolute Gasteiger partial charge is 0.331 e. The highest BCUT2D eigenvalue weighted by molar-refractivity contribution is 5.89. The van der Waals surface area contributed by atoms with E-state index < -0.39 is 5.97 Å². The zero-order valence-electron chi connectivity index (χ0n) is 18.1. The fourth-order valence-electron chi connectivity index (χ4n) is 3.42. The number of hydrogen-bond acceptors (Lipinski definition) is 5. The van der Waals surface area contributed by atoms with E-state index in [2.05, 4.69) is 6.92 Å². The van der Waals surface area contributed by atoms with Crippen LogP contribution in [0.5, 0.6) is 11.5 Å². The minimum atomic E-state index is -0.550. The molecule has 6 nitrogen and oxygen atoms in total. The summed E-state index contributed by atoms with van der Waals surface area (Å²) in [6, 6.07) is 5.65. The van der Waals surface area contributed by atoms with Crippen molar-refractivity contribution in [2.24, 2.45) is 5.92 Å². The van der Waals surface area contributed by atoms with Crippen LogP contribution in [0.25, 0.3) is 6.08 Å². The van der Waals surface area contributed by atoms with Gasteiger partial charge in [0.2, 0.25) is 0 Å². The number of hydrogen-bond donors (Lipinski definition) is 0. The molecule has 0 bridgehead atoms. The van der Waals surface area contributed by atoms with Crippen molar-refractivity contribution in [2.75, 3.05) is 20.8 Å². The van der Waals surface area contributed by atoms with E-state index in [0.717, 1.165) is 37.2 Å². The van der Waals surface area contributed by atoms with Crippen LogP contribution in [0.1, 0.15) is 52.0 Å². The number of ether oxygens (including phenoxy) is 3. The molecule has 0 aliphatic heterocycles. The van der Waals surface area contributed by atoms with Crippen LogP contribution in [0.15, 0.2) is 24.3 Å². The van der Waals surface area contributed by atoms with Crippen molar-refractivity contribution >= 4 is 18.0 Å². The Bertz CT molecular complexity index is 720. The molecule has 1 fully saturated rings. The van der Waals surface area contributed by atoms with Crippen molar-refractivity contribution in [3.63, 3.8) is 0 Å². The lowest BCUT2D eigenvalue weighted by Gasteiger charge is -2.33. The fraction of sp³-hybridized carbons (Fsp3) is 0.565. The first-order valence-corrected chi connectivity index (χ1v) is 10.2. The summed E-state index contributed by atoms with van der Waals surface area (Å²) in [5, 5.41) is 0. The third kappa shape index (κ3) is 7.11. The summed E-state index contributed by atoms with van der Waals surface area (Å²) >= 11 is 0. The first-order chi connectivity index (χ1) is 13.8. The quantitative estimate of drug-likeness (QED) is 0.483. The Morgan fingerprint density at radius 3 is 2.48 bits per heavy atom. The Kier molecular flexibility index (Phi) is 8.55. The van der Waals surface area contributed by atoms with Gasteiger partial charge in [-0.3, -0.25) is 4.79 Å². The maximum absolute atomic E-state index is 12.3. The van der Waals surface area contributed by atoms with Crippen molar-refractivity contribution in [2.45, 2.75) is 58.6 Å². The molecular weight excluding hydrogens is 370 g/mol. The average Bonchev–Trinajstić information content (AvgIpc) is 2.70. The maximum atomic E-state index is 12.3. The van der Waals surface area contributed by atoms with Crippen LogP contribution >= 0.6 is 0 Å². The van der Waals surface area contributed by atoms with Gasteiger partial charge in [-0.05, 0) is 69.2 Å². The van der Waals surface area contributed by atoms with E-state index in [9.17, 15) is 9.59 Å². The lowest BCUT2D eigenvalue weighted by atomic mass is 9.87. The lowest BCUT2D eigenvalue weighted by Crippen LogP contribution is -2.41. The third-order valence-corrected chi connectivity index (χ3v) is 5.23. The summed E-state index contributed by atoms with van der Waals surface area (Å²) in [5.74, 6) is 1.25. The van der Waals surface area contributed by atoms with E-state index in [-0.39, 0.29) is 24.7 Å². The molecule has 0 saturated heterocycles. The van der Waals surface area contributed by atoms with Gasteiger partial charge < -0.3 is 19.1 Å². The summed E-state index contributed by atoms with van der Waals surface area (Å²) < 4.78 is 16.1. The number of carbonyl (C=O) groups is 2. The van der Waals surface area contributed by atoms with Gasteiger partial charge in [0.05, 0.1) is 13.2 Å². The van der Waals surface area contributed by atoms with E-state index in [4.69, 9.17) is 14.2 Å². The van der Waals surface area contributed by atoms with Crippen LogP contribution in [-0.2, 0) is 14.3 Å². The van der Waals surface area contributed by atoms with E-state index in [1.807, 2.05) is 19.9 Å². The number of methoxy groups -OCH3 is 1. The largest absolute Gasteiger partial charge is 0.493 e. The number of esters is 1. The molecule has 160 valence electrons. The molecule has 6 heteroatoms. The fourth-order valence-corrected chi connectivity index (χ4v) is 3.42. The zero-order valence-corrected chi connectivity index (χ0v) is 18.1. The Hall–Kier alpha value is -2.50. The molecule has 1 aromatic rings. The van der Waals surface area contributed by atoms with Crippen LogP contribution in [0.3, 0.4) is 0 Å². The van der Waals surface area contributed by atoms with Gasteiger partial charge in [-0.1, -0.05) is 13.0 Å². The van der Waals surface area contributed by atoms with Gasteiger partial charge in [0.25, 0.3) is 5.91 Å². The number of benzene rings is 1. The molecule has 1 aliphatic rings. The number of rotatable bonds is 8. The molecule has 0 heterocycles. The average molecular weight is 404 g/mol. The van der Waals surface area contributed by atoms with E-state index in [0.29, 0.717) is 11.5 Å². The normalized spacial score (nSPS) is 19.2. The van der Waals surface area contributed by atoms with Crippen molar-refractivity contribution in [1.82, 2.24) is 4.90 Å². The summed E-state index contributed by atoms with van der Waals surface area (Å²) in [6.45, 7) is 5.89. The molecule has 0 aromatic heterocycles. The Labute approximate surface area is 173 Å². The molecule has 0 N–H and O–H groups in total. The zero-order chi connectivity index (χ0) is 21.4. The predicted molar refractivity (Wildman–Crippen MR) is 113 cm³/mol. The Balaban J connectivity index is 1.85. The molecule has 1 saturated carbocycles. The molecule has 0 atom stereocenters. The van der Waals surface area contributed by atoms with E-state index >= 15 is 0 Å². The molecule has 29 heavy (non-hydrogen) atoms. The number of likely N-dealkylation sites (N-methyl/N-ethyl adjacent to an activating group) is 1. The first-order valence-electron chi connectivity index (χ1n) is 10.2. The van der Waals surface area contributed by atoms with Crippen molar-refractivity contribution in [3.8, 4) is 11.5 Å². The van der Waals surface area contributed by atoms with Gasteiger partial charge >= 0.3 is 5.97 Å². The maximum Gasteiger partial charge on any atom is 0.331 e. The predicted octanol–water partition coefficient (Wildman–Crippen LogP) is 4.08. The van der Waals surface area contributed by atoms with Gasteiger partial charge in [-0.15, -0.1) is 0 Å². The topological polar surface area (TPSA) is 65.1 Å². The summed E-state index contributed by atoms with van der Waals surface area (Å²) in [4.78, 5) is 26.0. The van der Waals surface area contributed by atoms with E-state index in [1.54, 1.807) is 37.3 Å². The third-order valence-electron chi connectivity index (χ3n) is 5.23. The second-order valence-corrected chi connectivity index (χ2v) is 7.94. The Morgan fingerprint density at radius 2 is 1.86 bits per heavy atom. The Morgan fingerprint density at radius 1 is 1.17 bits per heavy atom. The monoisotopic (exact) mass is 403 g/mol. The molecule has 0 radical (unpaired) electrons.